The summed E-state index contributed by atoms with van der Waals surface area (Å²) in [4.78, 5) is 38.4. The van der Waals surface area contributed by atoms with Crippen LogP contribution in [0.4, 0.5) is 0 Å². The van der Waals surface area contributed by atoms with Crippen LogP contribution in [0.3, 0.4) is 0 Å². The van der Waals surface area contributed by atoms with E-state index in [2.05, 4.69) is 215 Å². The number of allylic oxidation sites excluding steroid dienone is 32. The highest BCUT2D eigenvalue weighted by molar-refractivity contribution is 5.71. The molecule has 0 aromatic rings. The predicted molar refractivity (Wildman–Crippen MR) is 352 cm³/mol. The number of hydrogen-bond donors (Lipinski definition) is 0. The molecule has 0 spiro atoms. The molecule has 1 unspecified atom stereocenters. The Labute approximate surface area is 497 Å². The van der Waals surface area contributed by atoms with Crippen LogP contribution in [0.5, 0.6) is 0 Å². The summed E-state index contributed by atoms with van der Waals surface area (Å²) in [6.07, 6.45) is 101. The van der Waals surface area contributed by atoms with E-state index in [0.717, 1.165) is 180 Å². The lowest BCUT2D eigenvalue weighted by Gasteiger charge is -2.18. The highest BCUT2D eigenvalue weighted by Crippen LogP contribution is 2.13. The molecule has 0 bridgehead atoms. The van der Waals surface area contributed by atoms with Gasteiger partial charge in [-0.05, 0) is 161 Å². The molecule has 0 saturated carbocycles. The normalized spacial score (nSPS) is 13.5. The number of esters is 3. The highest BCUT2D eigenvalue weighted by Gasteiger charge is 2.19. The summed E-state index contributed by atoms with van der Waals surface area (Å²) < 4.78 is 16.9. The zero-order valence-electron chi connectivity index (χ0n) is 51.5. The van der Waals surface area contributed by atoms with E-state index in [1.54, 1.807) is 0 Å². The van der Waals surface area contributed by atoms with E-state index >= 15 is 0 Å². The summed E-state index contributed by atoms with van der Waals surface area (Å²) in [7, 11) is 0. The van der Waals surface area contributed by atoms with E-state index in [1.165, 1.54) is 12.8 Å². The Balaban J connectivity index is 4.60. The lowest BCUT2D eigenvalue weighted by Crippen LogP contribution is -2.30. The van der Waals surface area contributed by atoms with Crippen LogP contribution in [-0.2, 0) is 28.6 Å². The number of unbranched alkanes of at least 4 members (excludes halogenated alkanes) is 12. The average Bonchev–Trinajstić information content (AvgIpc) is 3.47. The van der Waals surface area contributed by atoms with E-state index in [0.29, 0.717) is 19.3 Å². The molecule has 0 aliphatic rings. The second-order valence-corrected chi connectivity index (χ2v) is 20.2. The third kappa shape index (κ3) is 64.9. The zero-order chi connectivity index (χ0) is 58.5. The van der Waals surface area contributed by atoms with E-state index in [9.17, 15) is 14.4 Å². The van der Waals surface area contributed by atoms with Gasteiger partial charge in [0.2, 0.25) is 0 Å². The molecule has 0 N–H and O–H groups in total. The Morgan fingerprint density at radius 3 is 0.716 bits per heavy atom. The summed E-state index contributed by atoms with van der Waals surface area (Å²) in [6.45, 7) is 6.22. The Morgan fingerprint density at radius 2 is 0.444 bits per heavy atom. The summed E-state index contributed by atoms with van der Waals surface area (Å²) in [5.41, 5.74) is 0. The molecule has 0 amide bonds. The van der Waals surface area contributed by atoms with Crippen molar-refractivity contribution >= 4 is 17.9 Å². The third-order valence-corrected chi connectivity index (χ3v) is 12.6. The van der Waals surface area contributed by atoms with Gasteiger partial charge in [0.1, 0.15) is 13.2 Å². The van der Waals surface area contributed by atoms with Gasteiger partial charge < -0.3 is 14.2 Å². The molecule has 0 aliphatic carbocycles. The van der Waals surface area contributed by atoms with Crippen molar-refractivity contribution < 1.29 is 28.6 Å². The van der Waals surface area contributed by atoms with Crippen molar-refractivity contribution in [2.75, 3.05) is 13.2 Å². The summed E-state index contributed by atoms with van der Waals surface area (Å²) in [5.74, 6) is -1.01. The van der Waals surface area contributed by atoms with Crippen molar-refractivity contribution in [3.05, 3.63) is 194 Å². The topological polar surface area (TPSA) is 78.9 Å². The molecular weight excluding hydrogens is 997 g/mol. The zero-order valence-corrected chi connectivity index (χ0v) is 51.5. The first-order valence-electron chi connectivity index (χ1n) is 31.9. The molecule has 0 heterocycles. The maximum Gasteiger partial charge on any atom is 0.306 e. The van der Waals surface area contributed by atoms with Gasteiger partial charge in [0.25, 0.3) is 0 Å². The molecule has 0 rings (SSSR count). The average molecular weight is 1110 g/mol. The fourth-order valence-electron chi connectivity index (χ4n) is 7.91. The smallest absolute Gasteiger partial charge is 0.306 e. The van der Waals surface area contributed by atoms with Crippen LogP contribution in [0.2, 0.25) is 0 Å². The van der Waals surface area contributed by atoms with Gasteiger partial charge in [0, 0.05) is 19.3 Å². The summed E-state index contributed by atoms with van der Waals surface area (Å²) >= 11 is 0. The third-order valence-electron chi connectivity index (χ3n) is 12.6. The van der Waals surface area contributed by atoms with Gasteiger partial charge in [0.15, 0.2) is 6.10 Å². The van der Waals surface area contributed by atoms with Crippen LogP contribution < -0.4 is 0 Å². The van der Waals surface area contributed by atoms with Crippen molar-refractivity contribution in [3.63, 3.8) is 0 Å². The van der Waals surface area contributed by atoms with Gasteiger partial charge in [-0.2, -0.15) is 0 Å². The molecule has 6 nitrogen and oxygen atoms in total. The van der Waals surface area contributed by atoms with Crippen molar-refractivity contribution in [1.29, 1.82) is 0 Å². The molecule has 81 heavy (non-hydrogen) atoms. The lowest BCUT2D eigenvalue weighted by atomic mass is 10.1. The molecule has 1 atom stereocenters. The Hall–Kier alpha value is -5.75. The Bertz CT molecular complexity index is 1950. The minimum atomic E-state index is -0.833. The number of hydrogen-bond acceptors (Lipinski definition) is 6. The fourth-order valence-corrected chi connectivity index (χ4v) is 7.91. The number of ether oxygens (including phenoxy) is 3. The first-order valence-corrected chi connectivity index (χ1v) is 31.9. The molecule has 0 aliphatic heterocycles. The number of carbonyl (C=O) groups is 3. The van der Waals surface area contributed by atoms with Crippen LogP contribution in [-0.4, -0.2) is 37.2 Å². The summed E-state index contributed by atoms with van der Waals surface area (Å²) in [6, 6.07) is 0. The van der Waals surface area contributed by atoms with E-state index in [1.807, 2.05) is 0 Å². The van der Waals surface area contributed by atoms with E-state index in [-0.39, 0.29) is 37.5 Å². The second kappa shape index (κ2) is 66.8. The highest BCUT2D eigenvalue weighted by atomic mass is 16.6. The second-order valence-electron chi connectivity index (χ2n) is 20.2. The Kier molecular flexibility index (Phi) is 62.0. The largest absolute Gasteiger partial charge is 0.462 e. The standard InChI is InChI=1S/C75H114O6/c1-4-7-10-13-16-19-22-25-28-31-34-36-37-39-41-44-47-50-53-56-59-62-65-68-74(77)80-71-72(70-79-73(76)67-64-61-58-55-52-49-46-43-40-33-30-27-24-21-18-15-12-9-6-3)81-75(78)69-66-63-60-57-54-51-48-45-42-38-35-32-29-26-23-20-17-14-11-8-5-2/h7-12,16-21,25-30,34-36,38-41,43,45,47-48,50,54,57,72H,4-6,13-15,22-24,31-33,37,42,44,46,49,51-53,55-56,58-71H2,1-3H3/b10-7-,11-8-,12-9-,19-16-,20-17-,21-18-,28-25-,29-26-,30-27-,36-34-,38-35-,41-39-,43-40-,48-45-,50-47-,57-54-. The quantitative estimate of drug-likeness (QED) is 0.0261. The van der Waals surface area contributed by atoms with Crippen LogP contribution in [0, 0.1) is 0 Å². The van der Waals surface area contributed by atoms with Crippen LogP contribution in [0.25, 0.3) is 0 Å². The van der Waals surface area contributed by atoms with Crippen LogP contribution in [0.15, 0.2) is 194 Å². The van der Waals surface area contributed by atoms with Gasteiger partial charge in [0.05, 0.1) is 0 Å². The first-order chi connectivity index (χ1) is 40.0. The fraction of sp³-hybridized carbons (Fsp3) is 0.533. The first kappa shape index (κ1) is 75.2. The van der Waals surface area contributed by atoms with Gasteiger partial charge in [-0.3, -0.25) is 14.4 Å². The van der Waals surface area contributed by atoms with Gasteiger partial charge in [-0.15, -0.1) is 0 Å². The maximum atomic E-state index is 12.9. The Morgan fingerprint density at radius 1 is 0.247 bits per heavy atom. The van der Waals surface area contributed by atoms with Crippen molar-refractivity contribution in [1.82, 2.24) is 0 Å². The predicted octanol–water partition coefficient (Wildman–Crippen LogP) is 22.2. The maximum absolute atomic E-state index is 12.9. The molecule has 0 aromatic heterocycles. The number of rotatable bonds is 55. The monoisotopic (exact) mass is 1110 g/mol. The SMILES string of the molecule is CC/C=C\C/C=C\C/C=C\C/C=C\C/C=C\C/C=C\CCCCCCC(=O)OCC(COC(=O)CCCCCCCC/C=C\C/C=C\C/C=C\C/C=C\CC)OC(=O)CCCC/C=C\C/C=C\C/C=C\C/C=C\C/C=C\C/C=C\CC. The molecule has 0 aromatic carbocycles. The van der Waals surface area contributed by atoms with Crippen molar-refractivity contribution in [2.45, 2.75) is 245 Å². The van der Waals surface area contributed by atoms with Gasteiger partial charge in [-0.1, -0.05) is 254 Å². The van der Waals surface area contributed by atoms with Crippen LogP contribution >= 0.6 is 0 Å². The summed E-state index contributed by atoms with van der Waals surface area (Å²) in [5, 5.41) is 0. The van der Waals surface area contributed by atoms with Crippen molar-refractivity contribution in [3.8, 4) is 0 Å². The lowest BCUT2D eigenvalue weighted by molar-refractivity contribution is -0.167. The van der Waals surface area contributed by atoms with E-state index < -0.39 is 6.10 Å². The van der Waals surface area contributed by atoms with E-state index in [4.69, 9.17) is 14.2 Å². The van der Waals surface area contributed by atoms with Gasteiger partial charge >= 0.3 is 17.9 Å². The minimum absolute atomic E-state index is 0.123. The molecule has 6 heteroatoms. The van der Waals surface area contributed by atoms with Gasteiger partial charge in [-0.25, -0.2) is 0 Å². The molecular formula is C75H114O6. The molecule has 0 radical (unpaired) electrons. The number of carbonyl (C=O) groups excluding carboxylic acids is 3. The molecule has 0 saturated heterocycles. The molecule has 450 valence electrons. The van der Waals surface area contributed by atoms with Crippen molar-refractivity contribution in [2.24, 2.45) is 0 Å². The molecule has 0 fully saturated rings. The van der Waals surface area contributed by atoms with Crippen LogP contribution in [0.1, 0.15) is 239 Å². The minimum Gasteiger partial charge on any atom is -0.462 e.